The first kappa shape index (κ1) is 19.2. The van der Waals surface area contributed by atoms with Crippen molar-refractivity contribution in [1.29, 1.82) is 0 Å². The number of aliphatic carboxylic acids is 1. The number of hydrogen-bond donors (Lipinski definition) is 2. The van der Waals surface area contributed by atoms with E-state index in [-0.39, 0.29) is 35.2 Å². The van der Waals surface area contributed by atoms with Crippen LogP contribution in [0.25, 0.3) is 0 Å². The first-order valence-corrected chi connectivity index (χ1v) is 11.7. The van der Waals surface area contributed by atoms with Crippen LogP contribution in [0.2, 0.25) is 0 Å². The van der Waals surface area contributed by atoms with E-state index < -0.39 is 21.8 Å². The highest BCUT2D eigenvalue weighted by Crippen LogP contribution is 2.59. The Labute approximate surface area is 157 Å². The van der Waals surface area contributed by atoms with Gasteiger partial charge in [-0.25, -0.2) is 8.42 Å². The van der Waals surface area contributed by atoms with E-state index in [1.165, 1.54) is 0 Å². The Balaban J connectivity index is 1.67. The fraction of sp³-hybridized carbons (Fsp3) is 0.556. The van der Waals surface area contributed by atoms with Crippen molar-refractivity contribution in [2.75, 3.05) is 17.8 Å². The summed E-state index contributed by atoms with van der Waals surface area (Å²) in [5, 5.41) is 12.1. The smallest absolute Gasteiger partial charge is 0.305 e. The summed E-state index contributed by atoms with van der Waals surface area (Å²) in [4.78, 5) is 25.0. The molecule has 2 atom stereocenters. The summed E-state index contributed by atoms with van der Waals surface area (Å²) in [7, 11) is -2.96. The lowest BCUT2D eigenvalue weighted by Gasteiger charge is -2.23. The van der Waals surface area contributed by atoms with Crippen molar-refractivity contribution in [1.82, 2.24) is 5.32 Å². The number of carboxylic acids is 1. The average molecular weight is 398 g/mol. The zero-order chi connectivity index (χ0) is 18.9. The molecule has 6 nitrogen and oxygen atoms in total. The van der Waals surface area contributed by atoms with E-state index in [9.17, 15) is 23.1 Å². The number of thioether (sulfide) groups is 1. The van der Waals surface area contributed by atoms with Crippen molar-refractivity contribution in [2.45, 2.75) is 36.6 Å². The number of amides is 1. The largest absolute Gasteiger partial charge is 0.481 e. The van der Waals surface area contributed by atoms with Gasteiger partial charge in [0.15, 0.2) is 0 Å². The van der Waals surface area contributed by atoms with Crippen LogP contribution in [0.4, 0.5) is 0 Å². The molecule has 0 aromatic heterocycles. The molecular formula is C18H23NO5S2. The van der Waals surface area contributed by atoms with Gasteiger partial charge in [-0.3, -0.25) is 9.59 Å². The van der Waals surface area contributed by atoms with Gasteiger partial charge >= 0.3 is 5.97 Å². The lowest BCUT2D eigenvalue weighted by Crippen LogP contribution is -2.34. The summed E-state index contributed by atoms with van der Waals surface area (Å²) in [6.45, 7) is 0. The molecule has 1 aromatic carbocycles. The van der Waals surface area contributed by atoms with Gasteiger partial charge < -0.3 is 10.4 Å². The number of carbonyl (C=O) groups is 2. The summed E-state index contributed by atoms with van der Waals surface area (Å²) in [5.74, 6) is -1.06. The number of nitrogens with one attached hydrogen (secondary N) is 1. The van der Waals surface area contributed by atoms with Crippen LogP contribution in [0.1, 0.15) is 37.3 Å². The number of benzene rings is 1. The summed E-state index contributed by atoms with van der Waals surface area (Å²) < 4.78 is 23.2. The van der Waals surface area contributed by atoms with E-state index in [4.69, 9.17) is 0 Å². The van der Waals surface area contributed by atoms with Gasteiger partial charge in [0.05, 0.1) is 24.0 Å². The van der Waals surface area contributed by atoms with E-state index >= 15 is 0 Å². The maximum absolute atomic E-state index is 12.7. The second-order valence-corrected chi connectivity index (χ2v) is 10.4. The van der Waals surface area contributed by atoms with Gasteiger partial charge in [-0.2, -0.15) is 0 Å². The predicted octanol–water partition coefficient (Wildman–Crippen LogP) is 2.26. The molecule has 1 saturated heterocycles. The van der Waals surface area contributed by atoms with Crippen molar-refractivity contribution >= 4 is 33.5 Å². The molecule has 1 saturated carbocycles. The molecule has 1 aliphatic carbocycles. The molecule has 8 heteroatoms. The molecule has 1 amide bonds. The van der Waals surface area contributed by atoms with Crippen LogP contribution in [0.3, 0.4) is 0 Å². The molecule has 2 N–H and O–H groups in total. The minimum atomic E-state index is -2.96. The summed E-state index contributed by atoms with van der Waals surface area (Å²) in [5.41, 5.74) is 0.561. The molecule has 0 bridgehead atoms. The fourth-order valence-corrected chi connectivity index (χ4v) is 5.80. The lowest BCUT2D eigenvalue weighted by atomic mass is 9.95. The second-order valence-electron chi connectivity index (χ2n) is 7.20. The monoisotopic (exact) mass is 397 g/mol. The molecule has 2 aliphatic rings. The van der Waals surface area contributed by atoms with E-state index in [1.54, 1.807) is 11.8 Å². The van der Waals surface area contributed by atoms with Crippen molar-refractivity contribution < 1.29 is 23.1 Å². The van der Waals surface area contributed by atoms with Crippen LogP contribution in [0.15, 0.2) is 29.2 Å². The third kappa shape index (κ3) is 4.23. The van der Waals surface area contributed by atoms with Crippen LogP contribution in [0, 0.1) is 11.3 Å². The topological polar surface area (TPSA) is 101 Å². The third-order valence-electron chi connectivity index (χ3n) is 5.54. The SMILES string of the molecule is CSc1ccc(C(CC(=O)O)NC(=O)C2CC23CCS(=O)(=O)CC3)cc1. The number of hydrogen-bond acceptors (Lipinski definition) is 5. The molecule has 2 fully saturated rings. The molecule has 1 aromatic rings. The van der Waals surface area contributed by atoms with Crippen LogP contribution >= 0.6 is 11.8 Å². The van der Waals surface area contributed by atoms with Crippen molar-refractivity contribution in [3.05, 3.63) is 29.8 Å². The third-order valence-corrected chi connectivity index (χ3v) is 7.94. The highest BCUT2D eigenvalue weighted by Gasteiger charge is 2.59. The summed E-state index contributed by atoms with van der Waals surface area (Å²) in [6, 6.07) is 6.92. The van der Waals surface area contributed by atoms with Gasteiger partial charge in [0.2, 0.25) is 5.91 Å². The van der Waals surface area contributed by atoms with Gasteiger partial charge in [-0.15, -0.1) is 11.8 Å². The lowest BCUT2D eigenvalue weighted by molar-refractivity contribution is -0.137. The molecule has 0 radical (unpaired) electrons. The molecule has 142 valence electrons. The Morgan fingerprint density at radius 2 is 1.88 bits per heavy atom. The molecule has 1 heterocycles. The first-order chi connectivity index (χ1) is 12.2. The van der Waals surface area contributed by atoms with Gasteiger partial charge in [0, 0.05) is 10.8 Å². The first-order valence-electron chi connectivity index (χ1n) is 8.61. The van der Waals surface area contributed by atoms with E-state index in [1.807, 2.05) is 30.5 Å². The quantitative estimate of drug-likeness (QED) is 0.714. The minimum Gasteiger partial charge on any atom is -0.481 e. The number of carboxylic acid groups (broad SMARTS) is 1. The Morgan fingerprint density at radius 3 is 2.42 bits per heavy atom. The van der Waals surface area contributed by atoms with Crippen LogP contribution in [-0.4, -0.2) is 43.2 Å². The Hall–Kier alpha value is -1.54. The van der Waals surface area contributed by atoms with Gasteiger partial charge in [-0.05, 0) is 48.6 Å². The Kier molecular flexibility index (Phi) is 5.35. The number of sulfone groups is 1. The molecule has 26 heavy (non-hydrogen) atoms. The zero-order valence-electron chi connectivity index (χ0n) is 14.6. The molecule has 1 spiro atoms. The normalized spacial score (nSPS) is 24.0. The van der Waals surface area contributed by atoms with Crippen molar-refractivity contribution in [2.24, 2.45) is 11.3 Å². The fourth-order valence-electron chi connectivity index (χ4n) is 3.75. The maximum atomic E-state index is 12.7. The average Bonchev–Trinajstić information content (AvgIpc) is 3.32. The molecule has 2 unspecified atom stereocenters. The Bertz CT molecular complexity index is 789. The summed E-state index contributed by atoms with van der Waals surface area (Å²) in [6.07, 6.45) is 3.53. The van der Waals surface area contributed by atoms with Crippen LogP contribution in [0.5, 0.6) is 0 Å². The Morgan fingerprint density at radius 1 is 1.27 bits per heavy atom. The summed E-state index contributed by atoms with van der Waals surface area (Å²) >= 11 is 1.59. The minimum absolute atomic E-state index is 0.144. The molecular weight excluding hydrogens is 374 g/mol. The number of carbonyl (C=O) groups excluding carboxylic acids is 1. The highest BCUT2D eigenvalue weighted by atomic mass is 32.2. The standard InChI is InChI=1S/C18H23NO5S2/c1-25-13-4-2-12(3-5-13)15(10-16(20)21)19-17(22)14-11-18(14)6-8-26(23,24)9-7-18/h2-5,14-15H,6-11H2,1H3,(H,19,22)(H,20,21). The van der Waals surface area contributed by atoms with Crippen LogP contribution < -0.4 is 5.32 Å². The molecule has 3 rings (SSSR count). The van der Waals surface area contributed by atoms with Crippen molar-refractivity contribution in [3.8, 4) is 0 Å². The maximum Gasteiger partial charge on any atom is 0.305 e. The van der Waals surface area contributed by atoms with E-state index in [0.717, 1.165) is 10.5 Å². The van der Waals surface area contributed by atoms with Gasteiger partial charge in [0.1, 0.15) is 9.84 Å². The van der Waals surface area contributed by atoms with E-state index in [2.05, 4.69) is 5.32 Å². The van der Waals surface area contributed by atoms with Crippen molar-refractivity contribution in [3.63, 3.8) is 0 Å². The zero-order valence-corrected chi connectivity index (χ0v) is 16.2. The second kappa shape index (κ2) is 7.23. The van der Waals surface area contributed by atoms with Gasteiger partial charge in [0.25, 0.3) is 0 Å². The predicted molar refractivity (Wildman–Crippen MR) is 99.8 cm³/mol. The number of rotatable bonds is 6. The van der Waals surface area contributed by atoms with E-state index in [0.29, 0.717) is 19.3 Å². The highest BCUT2D eigenvalue weighted by molar-refractivity contribution is 7.98. The van der Waals surface area contributed by atoms with Gasteiger partial charge in [-0.1, -0.05) is 12.1 Å². The van der Waals surface area contributed by atoms with Crippen LogP contribution in [-0.2, 0) is 19.4 Å². The molecule has 1 aliphatic heterocycles.